The van der Waals surface area contributed by atoms with Crippen molar-refractivity contribution >= 4 is 27.5 Å². The van der Waals surface area contributed by atoms with E-state index in [4.69, 9.17) is 25.9 Å². The van der Waals surface area contributed by atoms with Gasteiger partial charge in [0, 0.05) is 71.8 Å². The van der Waals surface area contributed by atoms with Crippen LogP contribution in [0.4, 0.5) is 10.2 Å². The zero-order chi connectivity index (χ0) is 34.6. The summed E-state index contributed by atoms with van der Waals surface area (Å²) in [6.07, 6.45) is 10.5. The molecular weight excluding hydrogens is 629 g/mol. The average molecular weight is 676 g/mol. The summed E-state index contributed by atoms with van der Waals surface area (Å²) in [5.41, 5.74) is 4.94. The standard InChI is InChI=1S/C41H46FN5O3/c1-6-30-33(42)10-7-26-14-29(48)15-31(35(26)30)34-24(2)13-32-36(25(34)3)44-38(45-37(32)47-16-27-8-9-28(17-47)43-27)50-23-41(11-12-41)20-46-18-39(4)21-49-22-40(39,5)19-46/h1,7,10,13-15,27-28,43,48H,8-9,11-12,16-23H2,2-5H3/t27?,28?,39-,40+. The molecule has 2 unspecified atom stereocenters. The number of benzene rings is 3. The minimum Gasteiger partial charge on any atom is -0.508 e. The molecule has 5 heterocycles. The molecule has 4 aliphatic heterocycles. The van der Waals surface area contributed by atoms with Crippen LogP contribution in [0.3, 0.4) is 0 Å². The molecule has 1 aliphatic carbocycles. The van der Waals surface area contributed by atoms with Crippen LogP contribution < -0.4 is 15.0 Å². The summed E-state index contributed by atoms with van der Waals surface area (Å²) in [7, 11) is 0. The average Bonchev–Trinajstić information content (AvgIpc) is 3.58. The van der Waals surface area contributed by atoms with E-state index in [1.807, 2.05) is 0 Å². The highest BCUT2D eigenvalue weighted by Crippen LogP contribution is 2.54. The van der Waals surface area contributed by atoms with Crippen LogP contribution in [0.1, 0.15) is 56.2 Å². The molecule has 5 aliphatic rings. The number of halogens is 1. The molecule has 9 rings (SSSR count). The van der Waals surface area contributed by atoms with E-state index in [9.17, 15) is 5.11 Å². The molecule has 9 heteroatoms. The van der Waals surface area contributed by atoms with E-state index in [-0.39, 0.29) is 27.6 Å². The maximum absolute atomic E-state index is 15.1. The molecule has 4 atom stereocenters. The number of nitrogens with zero attached hydrogens (tertiary/aromatic N) is 4. The molecule has 0 amide bonds. The second kappa shape index (κ2) is 11.3. The van der Waals surface area contributed by atoms with Crippen LogP contribution in [0.5, 0.6) is 11.8 Å². The van der Waals surface area contributed by atoms with Gasteiger partial charge < -0.3 is 29.7 Å². The van der Waals surface area contributed by atoms with Crippen LogP contribution in [0.25, 0.3) is 32.8 Å². The summed E-state index contributed by atoms with van der Waals surface area (Å²) >= 11 is 0. The van der Waals surface area contributed by atoms with Gasteiger partial charge in [-0.2, -0.15) is 9.97 Å². The second-order valence-electron chi connectivity index (χ2n) is 16.7. The van der Waals surface area contributed by atoms with Crippen molar-refractivity contribution in [1.82, 2.24) is 20.2 Å². The summed E-state index contributed by atoms with van der Waals surface area (Å²) in [6.45, 7) is 16.0. The van der Waals surface area contributed by atoms with E-state index in [2.05, 4.69) is 54.8 Å². The monoisotopic (exact) mass is 675 g/mol. The van der Waals surface area contributed by atoms with Crippen molar-refractivity contribution < 1.29 is 19.0 Å². The topological polar surface area (TPSA) is 83.0 Å². The number of aromatic hydroxyl groups is 1. The zero-order valence-electron chi connectivity index (χ0n) is 29.5. The van der Waals surface area contributed by atoms with E-state index in [1.165, 1.54) is 6.07 Å². The van der Waals surface area contributed by atoms with Crippen molar-refractivity contribution in [2.75, 3.05) is 57.4 Å². The third kappa shape index (κ3) is 5.05. The number of hydrogen-bond acceptors (Lipinski definition) is 8. The quantitative estimate of drug-likeness (QED) is 0.220. The van der Waals surface area contributed by atoms with Gasteiger partial charge in [-0.15, -0.1) is 6.42 Å². The van der Waals surface area contributed by atoms with Crippen LogP contribution in [0.2, 0.25) is 0 Å². The van der Waals surface area contributed by atoms with Crippen molar-refractivity contribution in [2.24, 2.45) is 16.2 Å². The van der Waals surface area contributed by atoms with E-state index < -0.39 is 5.82 Å². The van der Waals surface area contributed by atoms with Gasteiger partial charge in [-0.3, -0.25) is 0 Å². The van der Waals surface area contributed by atoms with Crippen LogP contribution in [0.15, 0.2) is 30.3 Å². The molecule has 1 aromatic heterocycles. The number of ether oxygens (including phenoxy) is 2. The number of likely N-dealkylation sites (tertiary alicyclic amines) is 1. The van der Waals surface area contributed by atoms with Gasteiger partial charge >= 0.3 is 6.01 Å². The summed E-state index contributed by atoms with van der Waals surface area (Å²) < 4.78 is 27.7. The lowest BCUT2D eigenvalue weighted by Crippen LogP contribution is -2.51. The number of piperazine rings is 1. The number of hydrogen-bond donors (Lipinski definition) is 2. The Morgan fingerprint density at radius 1 is 1.06 bits per heavy atom. The Morgan fingerprint density at radius 3 is 2.46 bits per heavy atom. The Labute approximate surface area is 293 Å². The second-order valence-corrected chi connectivity index (χ2v) is 16.7. The number of terminal acetylenes is 1. The summed E-state index contributed by atoms with van der Waals surface area (Å²) in [6, 6.07) is 9.75. The van der Waals surface area contributed by atoms with Gasteiger partial charge in [0.25, 0.3) is 0 Å². The van der Waals surface area contributed by atoms with Crippen LogP contribution in [0, 0.1) is 48.3 Å². The first-order valence-electron chi connectivity index (χ1n) is 18.2. The highest BCUT2D eigenvalue weighted by molar-refractivity contribution is 6.06. The number of phenolic OH excluding ortho intramolecular Hbond substituents is 1. The van der Waals surface area contributed by atoms with Gasteiger partial charge in [0.1, 0.15) is 17.4 Å². The van der Waals surface area contributed by atoms with Crippen molar-refractivity contribution in [3.05, 3.63) is 52.8 Å². The maximum atomic E-state index is 15.1. The Kier molecular flexibility index (Phi) is 7.20. The minimum atomic E-state index is -0.459. The van der Waals surface area contributed by atoms with Gasteiger partial charge in [0.15, 0.2) is 0 Å². The molecule has 1 saturated carbocycles. The van der Waals surface area contributed by atoms with Gasteiger partial charge in [-0.25, -0.2) is 4.39 Å². The molecule has 4 saturated heterocycles. The van der Waals surface area contributed by atoms with Crippen LogP contribution >= 0.6 is 0 Å². The molecular formula is C41H46FN5O3. The summed E-state index contributed by atoms with van der Waals surface area (Å²) in [4.78, 5) is 15.3. The molecule has 260 valence electrons. The molecule has 0 spiro atoms. The first-order valence-corrected chi connectivity index (χ1v) is 18.2. The lowest BCUT2D eigenvalue weighted by Gasteiger charge is -2.34. The Bertz CT molecular complexity index is 2080. The summed E-state index contributed by atoms with van der Waals surface area (Å²) in [5, 5.41) is 16.8. The van der Waals surface area contributed by atoms with Gasteiger partial charge in [-0.05, 0) is 91.4 Å². The molecule has 0 radical (unpaired) electrons. The molecule has 2 N–H and O–H groups in total. The van der Waals surface area contributed by atoms with Gasteiger partial charge in [0.2, 0.25) is 0 Å². The smallest absolute Gasteiger partial charge is 0.318 e. The van der Waals surface area contributed by atoms with Crippen molar-refractivity contribution in [3.63, 3.8) is 0 Å². The summed E-state index contributed by atoms with van der Waals surface area (Å²) in [5.74, 6) is 3.11. The van der Waals surface area contributed by atoms with E-state index in [0.29, 0.717) is 41.0 Å². The maximum Gasteiger partial charge on any atom is 0.318 e. The van der Waals surface area contributed by atoms with Crippen molar-refractivity contribution in [1.29, 1.82) is 0 Å². The van der Waals surface area contributed by atoms with Crippen LogP contribution in [-0.2, 0) is 4.74 Å². The minimum absolute atomic E-state index is 0.0940. The predicted molar refractivity (Wildman–Crippen MR) is 194 cm³/mol. The number of aromatic nitrogens is 2. The lowest BCUT2D eigenvalue weighted by atomic mass is 9.71. The Balaban J connectivity index is 1.12. The predicted octanol–water partition coefficient (Wildman–Crippen LogP) is 6.35. The number of aryl methyl sites for hydroxylation is 2. The van der Waals surface area contributed by atoms with E-state index >= 15 is 4.39 Å². The first-order chi connectivity index (χ1) is 24.0. The molecule has 3 aromatic carbocycles. The third-order valence-electron chi connectivity index (χ3n) is 12.8. The highest BCUT2D eigenvalue weighted by atomic mass is 19.1. The van der Waals surface area contributed by atoms with Crippen LogP contribution in [-0.4, -0.2) is 84.6 Å². The third-order valence-corrected chi connectivity index (χ3v) is 12.8. The van der Waals surface area contributed by atoms with Gasteiger partial charge in [-0.1, -0.05) is 25.8 Å². The molecule has 4 aromatic rings. The number of anilines is 1. The Morgan fingerprint density at radius 2 is 1.78 bits per heavy atom. The fraction of sp³-hybridized carbons (Fsp3) is 0.512. The molecule has 2 bridgehead atoms. The highest BCUT2D eigenvalue weighted by Gasteiger charge is 2.57. The lowest BCUT2D eigenvalue weighted by molar-refractivity contribution is 0.112. The van der Waals surface area contributed by atoms with Gasteiger partial charge in [0.05, 0.1) is 30.9 Å². The van der Waals surface area contributed by atoms with Crippen molar-refractivity contribution in [2.45, 2.75) is 65.5 Å². The van der Waals surface area contributed by atoms with E-state index in [0.717, 1.165) is 105 Å². The fourth-order valence-electron chi connectivity index (χ4n) is 9.71. The molecule has 50 heavy (non-hydrogen) atoms. The molecule has 5 fully saturated rings. The largest absolute Gasteiger partial charge is 0.508 e. The number of phenols is 1. The fourth-order valence-corrected chi connectivity index (χ4v) is 9.71. The zero-order valence-corrected chi connectivity index (χ0v) is 29.5. The number of nitrogens with one attached hydrogen (secondary N) is 1. The SMILES string of the molecule is C#Cc1c(F)ccc2cc(O)cc(-c3c(C)cc4c(N5CC6CCC(C5)N6)nc(OCC5(CN6C[C@]7(C)COC[C@]7(C)C6)CC5)nc4c3C)c12. The Hall–Kier alpha value is -3.97. The van der Waals surface area contributed by atoms with E-state index in [1.54, 1.807) is 18.2 Å². The first kappa shape index (κ1) is 32.0. The molecule has 8 nitrogen and oxygen atoms in total. The number of rotatable bonds is 7. The normalized spacial score (nSPS) is 28.4. The number of fused-ring (bicyclic) bond motifs is 5. The van der Waals surface area contributed by atoms with Crippen molar-refractivity contribution in [3.8, 4) is 35.2 Å².